The van der Waals surface area contributed by atoms with Crippen LogP contribution in [0.5, 0.6) is 5.75 Å². The minimum Gasteiger partial charge on any atom is -0.497 e. The fourth-order valence-electron chi connectivity index (χ4n) is 3.54. The van der Waals surface area contributed by atoms with Crippen LogP contribution in [0.2, 0.25) is 5.02 Å². The summed E-state index contributed by atoms with van der Waals surface area (Å²) in [7, 11) is 1.63. The Labute approximate surface area is 171 Å². The van der Waals surface area contributed by atoms with E-state index < -0.39 is 0 Å². The van der Waals surface area contributed by atoms with E-state index >= 15 is 0 Å². The van der Waals surface area contributed by atoms with Gasteiger partial charge in [-0.05, 0) is 48.5 Å². The van der Waals surface area contributed by atoms with E-state index in [1.807, 2.05) is 78.9 Å². The van der Waals surface area contributed by atoms with Crippen LogP contribution in [-0.2, 0) is 0 Å². The molecule has 29 heavy (non-hydrogen) atoms. The lowest BCUT2D eigenvalue weighted by Gasteiger charge is -2.11. The van der Waals surface area contributed by atoms with E-state index in [1.165, 1.54) is 4.68 Å². The molecule has 0 fully saturated rings. The van der Waals surface area contributed by atoms with E-state index in [9.17, 15) is 4.79 Å². The number of para-hydroxylation sites is 1. The Kier molecular flexibility index (Phi) is 4.11. The zero-order chi connectivity index (χ0) is 20.0. The molecule has 0 bridgehead atoms. The molecule has 0 spiro atoms. The largest absolute Gasteiger partial charge is 0.497 e. The lowest BCUT2D eigenvalue weighted by Crippen LogP contribution is -2.28. The summed E-state index contributed by atoms with van der Waals surface area (Å²) in [6.07, 6.45) is 0. The number of nitrogens with zero attached hydrogens (tertiary/aromatic N) is 3. The lowest BCUT2D eigenvalue weighted by molar-refractivity contribution is 0.415. The second-order valence-corrected chi connectivity index (χ2v) is 7.11. The fraction of sp³-hybridized carbons (Fsp3) is 0.0435. The molecular formula is C23H16ClN3O2. The van der Waals surface area contributed by atoms with Crippen LogP contribution in [0.15, 0.2) is 83.7 Å². The molecule has 2 heterocycles. The van der Waals surface area contributed by atoms with Crippen molar-refractivity contribution in [3.63, 3.8) is 0 Å². The third-order valence-electron chi connectivity index (χ3n) is 4.94. The maximum absolute atomic E-state index is 13.4. The van der Waals surface area contributed by atoms with Crippen molar-refractivity contribution in [3.8, 4) is 22.7 Å². The number of rotatable bonds is 3. The molecule has 0 radical (unpaired) electrons. The van der Waals surface area contributed by atoms with Gasteiger partial charge in [-0.25, -0.2) is 4.79 Å². The van der Waals surface area contributed by atoms with Gasteiger partial charge in [0.1, 0.15) is 11.4 Å². The number of hydrogen-bond acceptors (Lipinski definition) is 3. The quantitative estimate of drug-likeness (QED) is 0.429. The van der Waals surface area contributed by atoms with Crippen LogP contribution < -0.4 is 10.4 Å². The number of hydrogen-bond donors (Lipinski definition) is 0. The molecule has 0 atom stereocenters. The van der Waals surface area contributed by atoms with Gasteiger partial charge in [-0.15, -0.1) is 0 Å². The lowest BCUT2D eigenvalue weighted by atomic mass is 10.1. The number of fused-ring (bicyclic) bond motifs is 3. The second-order valence-electron chi connectivity index (χ2n) is 6.68. The van der Waals surface area contributed by atoms with Gasteiger partial charge in [0, 0.05) is 16.0 Å². The molecule has 0 amide bonds. The molecule has 0 saturated carbocycles. The van der Waals surface area contributed by atoms with Gasteiger partial charge in [-0.1, -0.05) is 41.9 Å². The maximum atomic E-state index is 13.4. The Morgan fingerprint density at radius 2 is 1.66 bits per heavy atom. The fourth-order valence-corrected chi connectivity index (χ4v) is 3.67. The van der Waals surface area contributed by atoms with E-state index in [0.717, 1.165) is 27.7 Å². The first-order chi connectivity index (χ1) is 14.2. The number of methoxy groups -OCH3 is 1. The standard InChI is InChI=1S/C23H16ClN3O2/c1-29-19-11-12-20-16(13-19)14-21-22(15-7-9-17(24)10-8-15)25-27(23(28)26(20)21)18-5-3-2-4-6-18/h2-14H,1H3. The second kappa shape index (κ2) is 6.79. The summed E-state index contributed by atoms with van der Waals surface area (Å²) in [5.41, 5.74) is 3.56. The van der Waals surface area contributed by atoms with Crippen molar-refractivity contribution in [3.05, 3.63) is 94.4 Å². The normalized spacial score (nSPS) is 11.2. The van der Waals surface area contributed by atoms with Crippen molar-refractivity contribution in [2.24, 2.45) is 0 Å². The van der Waals surface area contributed by atoms with E-state index in [2.05, 4.69) is 0 Å². The summed E-state index contributed by atoms with van der Waals surface area (Å²) in [4.78, 5) is 13.4. The SMILES string of the molecule is COc1ccc2c(c1)cc1c(-c3ccc(Cl)cc3)nn(-c3ccccc3)c(=O)n12. The van der Waals surface area contributed by atoms with E-state index in [4.69, 9.17) is 21.4 Å². The summed E-state index contributed by atoms with van der Waals surface area (Å²) in [5, 5.41) is 6.27. The first-order valence-corrected chi connectivity index (χ1v) is 9.47. The number of aromatic nitrogens is 3. The van der Waals surface area contributed by atoms with Crippen LogP contribution in [-0.4, -0.2) is 21.3 Å². The third kappa shape index (κ3) is 2.87. The molecule has 2 aromatic heterocycles. The van der Waals surface area contributed by atoms with E-state index in [0.29, 0.717) is 16.4 Å². The molecule has 5 rings (SSSR count). The van der Waals surface area contributed by atoms with Gasteiger partial charge in [-0.2, -0.15) is 9.78 Å². The molecule has 5 aromatic rings. The van der Waals surface area contributed by atoms with Crippen molar-refractivity contribution in [1.82, 2.24) is 14.2 Å². The predicted molar refractivity (Wildman–Crippen MR) is 115 cm³/mol. The summed E-state index contributed by atoms with van der Waals surface area (Å²) in [6.45, 7) is 0. The zero-order valence-electron chi connectivity index (χ0n) is 15.5. The summed E-state index contributed by atoms with van der Waals surface area (Å²) in [6, 6.07) is 24.5. The molecule has 142 valence electrons. The Morgan fingerprint density at radius 1 is 0.897 bits per heavy atom. The highest BCUT2D eigenvalue weighted by molar-refractivity contribution is 6.30. The van der Waals surface area contributed by atoms with Crippen LogP contribution in [0, 0.1) is 0 Å². The molecule has 0 N–H and O–H groups in total. The first kappa shape index (κ1) is 17.5. The Bertz CT molecular complexity index is 1400. The predicted octanol–water partition coefficient (Wildman–Crippen LogP) is 4.97. The molecule has 0 unspecified atom stereocenters. The topological polar surface area (TPSA) is 48.5 Å². The minimum absolute atomic E-state index is 0.232. The van der Waals surface area contributed by atoms with Crippen molar-refractivity contribution in [1.29, 1.82) is 0 Å². The molecule has 0 aliphatic rings. The van der Waals surface area contributed by atoms with Gasteiger partial charge < -0.3 is 4.74 Å². The van der Waals surface area contributed by atoms with Crippen molar-refractivity contribution in [2.75, 3.05) is 7.11 Å². The average molecular weight is 402 g/mol. The highest BCUT2D eigenvalue weighted by Crippen LogP contribution is 2.29. The van der Waals surface area contributed by atoms with Crippen LogP contribution in [0.4, 0.5) is 0 Å². The first-order valence-electron chi connectivity index (χ1n) is 9.09. The minimum atomic E-state index is -0.232. The van der Waals surface area contributed by atoms with Gasteiger partial charge in [-0.3, -0.25) is 4.40 Å². The Balaban J connectivity index is 1.92. The highest BCUT2D eigenvalue weighted by atomic mass is 35.5. The smallest absolute Gasteiger partial charge is 0.354 e. The van der Waals surface area contributed by atoms with Gasteiger partial charge in [0.05, 0.1) is 23.8 Å². The zero-order valence-corrected chi connectivity index (χ0v) is 16.3. The summed E-state index contributed by atoms with van der Waals surface area (Å²) < 4.78 is 8.47. The molecule has 0 aliphatic carbocycles. The van der Waals surface area contributed by atoms with Crippen LogP contribution in [0.25, 0.3) is 33.4 Å². The Morgan fingerprint density at radius 3 is 2.38 bits per heavy atom. The summed E-state index contributed by atoms with van der Waals surface area (Å²) >= 11 is 6.07. The van der Waals surface area contributed by atoms with E-state index in [-0.39, 0.29) is 5.69 Å². The van der Waals surface area contributed by atoms with Gasteiger partial charge in [0.2, 0.25) is 0 Å². The monoisotopic (exact) mass is 401 g/mol. The molecular weight excluding hydrogens is 386 g/mol. The highest BCUT2D eigenvalue weighted by Gasteiger charge is 2.17. The number of benzene rings is 3. The van der Waals surface area contributed by atoms with Crippen LogP contribution >= 0.6 is 11.6 Å². The van der Waals surface area contributed by atoms with E-state index in [1.54, 1.807) is 11.5 Å². The average Bonchev–Trinajstić information content (AvgIpc) is 3.14. The molecule has 3 aromatic carbocycles. The van der Waals surface area contributed by atoms with Gasteiger partial charge >= 0.3 is 5.69 Å². The van der Waals surface area contributed by atoms with Gasteiger partial charge in [0.15, 0.2) is 0 Å². The van der Waals surface area contributed by atoms with Crippen LogP contribution in [0.3, 0.4) is 0 Å². The van der Waals surface area contributed by atoms with Crippen molar-refractivity contribution >= 4 is 28.0 Å². The maximum Gasteiger partial charge on any atom is 0.354 e. The molecule has 6 heteroatoms. The molecule has 0 saturated heterocycles. The molecule has 5 nitrogen and oxygen atoms in total. The van der Waals surface area contributed by atoms with Crippen molar-refractivity contribution < 1.29 is 4.74 Å². The third-order valence-corrected chi connectivity index (χ3v) is 5.19. The van der Waals surface area contributed by atoms with Gasteiger partial charge in [0.25, 0.3) is 0 Å². The number of halogens is 1. The van der Waals surface area contributed by atoms with Crippen molar-refractivity contribution in [2.45, 2.75) is 0 Å². The Hall–Kier alpha value is -3.57. The van der Waals surface area contributed by atoms with Crippen LogP contribution in [0.1, 0.15) is 0 Å². The summed E-state index contributed by atoms with van der Waals surface area (Å²) in [5.74, 6) is 0.734. The molecule has 0 aliphatic heterocycles. The number of ether oxygens (including phenoxy) is 1.